The first-order valence-corrected chi connectivity index (χ1v) is 8.16. The molecule has 104 valence electrons. The summed E-state index contributed by atoms with van der Waals surface area (Å²) in [4.78, 5) is 1.05. The van der Waals surface area contributed by atoms with E-state index in [4.69, 9.17) is 27.6 Å². The van der Waals surface area contributed by atoms with Crippen LogP contribution in [0.25, 0.3) is 21.9 Å². The highest BCUT2D eigenvalue weighted by atomic mass is 35.5. The fourth-order valence-electron chi connectivity index (χ4n) is 2.53. The van der Waals surface area contributed by atoms with Gasteiger partial charge in [-0.15, -0.1) is 22.9 Å². The van der Waals surface area contributed by atoms with Crippen molar-refractivity contribution in [2.45, 2.75) is 5.38 Å². The van der Waals surface area contributed by atoms with Crippen molar-refractivity contribution in [3.63, 3.8) is 0 Å². The van der Waals surface area contributed by atoms with Gasteiger partial charge >= 0.3 is 0 Å². The Balaban J connectivity index is 1.88. The summed E-state index contributed by atoms with van der Waals surface area (Å²) in [6.45, 7) is 0. The lowest BCUT2D eigenvalue weighted by Gasteiger charge is -2.07. The molecule has 0 aliphatic heterocycles. The quantitative estimate of drug-likeness (QED) is 0.375. The van der Waals surface area contributed by atoms with E-state index in [0.717, 1.165) is 36.7 Å². The molecule has 2 aromatic heterocycles. The second kappa shape index (κ2) is 5.06. The lowest BCUT2D eigenvalue weighted by atomic mass is 10.1. The topological polar surface area (TPSA) is 13.1 Å². The molecule has 0 amide bonds. The SMILES string of the molecule is Clc1ccc(C(Cl)c2ccc3oc4ccccc4c3c2)s1. The molecule has 0 fully saturated rings. The molecule has 0 aliphatic carbocycles. The monoisotopic (exact) mass is 332 g/mol. The lowest BCUT2D eigenvalue weighted by molar-refractivity contribution is 0.669. The molecule has 0 aliphatic rings. The zero-order valence-electron chi connectivity index (χ0n) is 10.8. The molecule has 1 atom stereocenters. The minimum absolute atomic E-state index is 0.194. The molecule has 0 N–H and O–H groups in total. The van der Waals surface area contributed by atoms with Crippen molar-refractivity contribution in [3.05, 3.63) is 69.4 Å². The molecule has 0 radical (unpaired) electrons. The maximum atomic E-state index is 6.58. The zero-order valence-corrected chi connectivity index (χ0v) is 13.2. The average Bonchev–Trinajstić information content (AvgIpc) is 3.09. The van der Waals surface area contributed by atoms with Gasteiger partial charge in [-0.05, 0) is 35.9 Å². The first kappa shape index (κ1) is 13.2. The summed E-state index contributed by atoms with van der Waals surface area (Å²) in [5.41, 5.74) is 2.83. The van der Waals surface area contributed by atoms with Gasteiger partial charge in [-0.1, -0.05) is 35.9 Å². The number of benzene rings is 2. The second-order valence-electron chi connectivity index (χ2n) is 4.86. The first-order valence-electron chi connectivity index (χ1n) is 6.53. The van der Waals surface area contributed by atoms with Crippen LogP contribution in [0.5, 0.6) is 0 Å². The fourth-order valence-corrected chi connectivity index (χ4v) is 3.94. The number of rotatable bonds is 2. The van der Waals surface area contributed by atoms with Crippen LogP contribution in [0.4, 0.5) is 0 Å². The summed E-state index contributed by atoms with van der Waals surface area (Å²) in [5, 5.41) is 2.01. The highest BCUT2D eigenvalue weighted by molar-refractivity contribution is 7.16. The molecule has 0 bridgehead atoms. The number of para-hydroxylation sites is 1. The van der Waals surface area contributed by atoms with Gasteiger partial charge in [0.05, 0.1) is 9.71 Å². The van der Waals surface area contributed by atoms with Crippen LogP contribution in [0.1, 0.15) is 15.8 Å². The van der Waals surface area contributed by atoms with Crippen molar-refractivity contribution in [1.82, 2.24) is 0 Å². The lowest BCUT2D eigenvalue weighted by Crippen LogP contribution is -1.89. The van der Waals surface area contributed by atoms with Crippen LogP contribution in [-0.2, 0) is 0 Å². The Kier molecular flexibility index (Phi) is 3.18. The van der Waals surface area contributed by atoms with Crippen LogP contribution in [0.15, 0.2) is 59.0 Å². The van der Waals surface area contributed by atoms with Crippen molar-refractivity contribution in [3.8, 4) is 0 Å². The first-order chi connectivity index (χ1) is 10.2. The third-order valence-corrected chi connectivity index (χ3v) is 5.45. The molecule has 4 aromatic rings. The van der Waals surface area contributed by atoms with Crippen molar-refractivity contribution in [2.75, 3.05) is 0 Å². The molecule has 0 saturated carbocycles. The van der Waals surface area contributed by atoms with Gasteiger partial charge in [0, 0.05) is 15.6 Å². The van der Waals surface area contributed by atoms with Gasteiger partial charge < -0.3 is 4.42 Å². The van der Waals surface area contributed by atoms with E-state index in [1.165, 1.54) is 11.3 Å². The van der Waals surface area contributed by atoms with Crippen molar-refractivity contribution in [1.29, 1.82) is 0 Å². The van der Waals surface area contributed by atoms with Gasteiger partial charge in [0.25, 0.3) is 0 Å². The predicted octanol–water partition coefficient (Wildman–Crippen LogP) is 6.63. The molecule has 0 saturated heterocycles. The average molecular weight is 333 g/mol. The number of thiophene rings is 1. The molecule has 4 heteroatoms. The van der Waals surface area contributed by atoms with E-state index in [1.54, 1.807) is 0 Å². The summed E-state index contributed by atoms with van der Waals surface area (Å²) in [5.74, 6) is 0. The number of furan rings is 1. The Morgan fingerprint density at radius 1 is 0.905 bits per heavy atom. The number of hydrogen-bond acceptors (Lipinski definition) is 2. The van der Waals surface area contributed by atoms with Crippen LogP contribution in [0, 0.1) is 0 Å². The van der Waals surface area contributed by atoms with Crippen LogP contribution < -0.4 is 0 Å². The third kappa shape index (κ3) is 2.24. The van der Waals surface area contributed by atoms with Crippen LogP contribution in [0.2, 0.25) is 4.34 Å². The van der Waals surface area contributed by atoms with E-state index in [9.17, 15) is 0 Å². The minimum atomic E-state index is -0.194. The summed E-state index contributed by atoms with van der Waals surface area (Å²) in [7, 11) is 0. The van der Waals surface area contributed by atoms with Crippen LogP contribution >= 0.6 is 34.5 Å². The Hall–Kier alpha value is -1.48. The summed E-state index contributed by atoms with van der Waals surface area (Å²) in [6.07, 6.45) is 0. The smallest absolute Gasteiger partial charge is 0.135 e. The van der Waals surface area contributed by atoms with E-state index in [1.807, 2.05) is 42.5 Å². The Bertz CT molecular complexity index is 938. The molecule has 4 rings (SSSR count). The number of fused-ring (bicyclic) bond motifs is 3. The van der Waals surface area contributed by atoms with Gasteiger partial charge in [-0.3, -0.25) is 0 Å². The van der Waals surface area contributed by atoms with E-state index in [-0.39, 0.29) is 5.38 Å². The predicted molar refractivity (Wildman–Crippen MR) is 90.7 cm³/mol. The van der Waals surface area contributed by atoms with Gasteiger partial charge in [0.15, 0.2) is 0 Å². The molecule has 21 heavy (non-hydrogen) atoms. The number of hydrogen-bond donors (Lipinski definition) is 0. The summed E-state index contributed by atoms with van der Waals surface area (Å²) < 4.78 is 6.59. The largest absolute Gasteiger partial charge is 0.456 e. The van der Waals surface area contributed by atoms with Crippen LogP contribution in [0.3, 0.4) is 0 Å². The Morgan fingerprint density at radius 2 is 1.71 bits per heavy atom. The van der Waals surface area contributed by atoms with E-state index >= 15 is 0 Å². The van der Waals surface area contributed by atoms with E-state index < -0.39 is 0 Å². The standard InChI is InChI=1S/C17H10Cl2OS/c18-16-8-7-15(21-16)17(19)10-5-6-14-12(9-10)11-3-1-2-4-13(11)20-14/h1-9,17H. The Morgan fingerprint density at radius 3 is 2.52 bits per heavy atom. The molecule has 1 nitrogen and oxygen atoms in total. The zero-order chi connectivity index (χ0) is 14.4. The van der Waals surface area contributed by atoms with Gasteiger partial charge in [-0.2, -0.15) is 0 Å². The maximum absolute atomic E-state index is 6.58. The molecular formula is C17H10Cl2OS. The van der Waals surface area contributed by atoms with Crippen molar-refractivity contribution < 1.29 is 4.42 Å². The second-order valence-corrected chi connectivity index (χ2v) is 7.04. The number of halogens is 2. The third-order valence-electron chi connectivity index (χ3n) is 3.54. The minimum Gasteiger partial charge on any atom is -0.456 e. The van der Waals surface area contributed by atoms with Crippen LogP contribution in [-0.4, -0.2) is 0 Å². The van der Waals surface area contributed by atoms with Gasteiger partial charge in [0.2, 0.25) is 0 Å². The molecular weight excluding hydrogens is 323 g/mol. The van der Waals surface area contributed by atoms with Gasteiger partial charge in [-0.25, -0.2) is 0 Å². The van der Waals surface area contributed by atoms with Crippen molar-refractivity contribution in [2.24, 2.45) is 0 Å². The Labute approximate surface area is 135 Å². The molecule has 2 heterocycles. The normalized spacial score (nSPS) is 13.0. The molecule has 1 unspecified atom stereocenters. The molecule has 0 spiro atoms. The fraction of sp³-hybridized carbons (Fsp3) is 0.0588. The van der Waals surface area contributed by atoms with Gasteiger partial charge in [0.1, 0.15) is 11.2 Å². The highest BCUT2D eigenvalue weighted by Gasteiger charge is 2.15. The maximum Gasteiger partial charge on any atom is 0.135 e. The molecule has 2 aromatic carbocycles. The van der Waals surface area contributed by atoms with Crippen molar-refractivity contribution >= 4 is 56.5 Å². The van der Waals surface area contributed by atoms with E-state index in [0.29, 0.717) is 0 Å². The summed E-state index contributed by atoms with van der Waals surface area (Å²) in [6, 6.07) is 18.0. The highest BCUT2D eigenvalue weighted by Crippen LogP contribution is 2.38. The number of alkyl halides is 1. The van der Waals surface area contributed by atoms with E-state index in [2.05, 4.69) is 12.1 Å². The summed E-state index contributed by atoms with van der Waals surface area (Å²) >= 11 is 14.1.